The van der Waals surface area contributed by atoms with Crippen molar-refractivity contribution in [1.82, 2.24) is 14.6 Å². The van der Waals surface area contributed by atoms with Gasteiger partial charge in [0, 0.05) is 24.4 Å². The molecule has 0 fully saturated rings. The van der Waals surface area contributed by atoms with Crippen molar-refractivity contribution in [3.8, 4) is 34.4 Å². The summed E-state index contributed by atoms with van der Waals surface area (Å²) < 4.78 is 48.9. The van der Waals surface area contributed by atoms with Gasteiger partial charge in [0.25, 0.3) is 10.0 Å². The van der Waals surface area contributed by atoms with Crippen LogP contribution in [0.15, 0.2) is 108 Å². The maximum atomic E-state index is 14.6. The maximum absolute atomic E-state index is 14.6. The van der Waals surface area contributed by atoms with Gasteiger partial charge < -0.3 is 30.0 Å². The lowest BCUT2D eigenvalue weighted by molar-refractivity contribution is -0.142. The summed E-state index contributed by atoms with van der Waals surface area (Å²) in [5.41, 5.74) is 5.87. The second-order valence-electron chi connectivity index (χ2n) is 15.3. The van der Waals surface area contributed by atoms with E-state index in [2.05, 4.69) is 21.7 Å². The minimum Gasteiger partial charge on any atom is -0.489 e. The number of carboxylic acids is 1. The first kappa shape index (κ1) is 44.5. The number of carbonyl (C=O) groups excluding carboxylic acids is 1. The van der Waals surface area contributed by atoms with E-state index in [0.717, 1.165) is 26.6 Å². The molecular formula is C47H41Cl2N5O8S2. The third-order valence-electron chi connectivity index (χ3n) is 10.9. The van der Waals surface area contributed by atoms with Crippen molar-refractivity contribution in [3.05, 3.63) is 151 Å². The van der Waals surface area contributed by atoms with E-state index < -0.39 is 40.1 Å². The molecule has 3 N–H and O–H groups in total. The fourth-order valence-electron chi connectivity index (χ4n) is 7.58. The molecule has 13 nitrogen and oxygen atoms in total. The SMILES string of the molecule is CCNc1nc(S(=O)(=O)N2Cc3cc4c(cc3CC2C(=O)NC(Cc2ccc(-c3ccc(C#N)cc3)cc2)C(=O)O)OCC(c2ccc(OCc3ccc(Cl)c(Cl)c3)cc2)O4)c(C)s1. The molecule has 3 heterocycles. The average molecular weight is 939 g/mol. The van der Waals surface area contributed by atoms with Gasteiger partial charge in [0.2, 0.25) is 5.91 Å². The van der Waals surface area contributed by atoms with Gasteiger partial charge in [-0.05, 0) is 108 Å². The molecule has 0 radical (unpaired) electrons. The van der Waals surface area contributed by atoms with Crippen LogP contribution in [0.4, 0.5) is 5.13 Å². The Labute approximate surface area is 384 Å². The number of rotatable bonds is 14. The largest absolute Gasteiger partial charge is 0.489 e. The van der Waals surface area contributed by atoms with Crippen LogP contribution in [0.2, 0.25) is 10.0 Å². The van der Waals surface area contributed by atoms with Crippen LogP contribution in [-0.2, 0) is 45.6 Å². The predicted octanol–water partition coefficient (Wildman–Crippen LogP) is 8.75. The van der Waals surface area contributed by atoms with Crippen LogP contribution in [0, 0.1) is 18.3 Å². The van der Waals surface area contributed by atoms with Crippen LogP contribution >= 0.6 is 34.5 Å². The first-order valence-corrected chi connectivity index (χ1v) is 23.3. The first-order chi connectivity index (χ1) is 30.8. The number of nitrogens with one attached hydrogen (secondary N) is 2. The molecule has 0 spiro atoms. The Morgan fingerprint density at radius 3 is 2.31 bits per heavy atom. The molecule has 2 aliphatic rings. The summed E-state index contributed by atoms with van der Waals surface area (Å²) in [6.07, 6.45) is -0.617. The highest BCUT2D eigenvalue weighted by molar-refractivity contribution is 7.89. The Bertz CT molecular complexity index is 2870. The second kappa shape index (κ2) is 18.9. The number of anilines is 1. The van der Waals surface area contributed by atoms with Crippen LogP contribution in [0.1, 0.15) is 51.3 Å². The lowest BCUT2D eigenvalue weighted by atomic mass is 9.94. The van der Waals surface area contributed by atoms with Crippen molar-refractivity contribution in [2.75, 3.05) is 18.5 Å². The van der Waals surface area contributed by atoms with Gasteiger partial charge in [-0.15, -0.1) is 11.3 Å². The number of benzene rings is 5. The fourth-order valence-corrected chi connectivity index (χ4v) is 10.8. The molecule has 64 heavy (non-hydrogen) atoms. The Kier molecular flexibility index (Phi) is 13.1. The summed E-state index contributed by atoms with van der Waals surface area (Å²) >= 11 is 13.4. The molecular weight excluding hydrogens is 898 g/mol. The molecule has 6 aromatic rings. The number of aryl methyl sites for hydroxylation is 1. The summed E-state index contributed by atoms with van der Waals surface area (Å²) in [5.74, 6) is -0.565. The van der Waals surface area contributed by atoms with E-state index in [0.29, 0.717) is 72.7 Å². The number of hydrogen-bond acceptors (Lipinski definition) is 11. The molecule has 3 atom stereocenters. The lowest BCUT2D eigenvalue weighted by Crippen LogP contribution is -2.55. The molecule has 0 aliphatic carbocycles. The highest BCUT2D eigenvalue weighted by atomic mass is 35.5. The third-order valence-corrected chi connectivity index (χ3v) is 14.6. The van der Waals surface area contributed by atoms with Crippen molar-refractivity contribution < 1.29 is 37.3 Å². The number of sulfonamides is 1. The van der Waals surface area contributed by atoms with Gasteiger partial charge in [0.15, 0.2) is 27.8 Å². The van der Waals surface area contributed by atoms with E-state index in [-0.39, 0.29) is 31.0 Å². The van der Waals surface area contributed by atoms with E-state index in [1.165, 1.54) is 11.3 Å². The maximum Gasteiger partial charge on any atom is 0.326 e. The summed E-state index contributed by atoms with van der Waals surface area (Å²) in [5, 5.41) is 26.3. The molecule has 0 saturated heterocycles. The summed E-state index contributed by atoms with van der Waals surface area (Å²) in [6.45, 7) is 4.31. The number of aliphatic carboxylic acids is 1. The summed E-state index contributed by atoms with van der Waals surface area (Å²) in [7, 11) is -4.41. The lowest BCUT2D eigenvalue weighted by Gasteiger charge is -2.36. The van der Waals surface area contributed by atoms with Gasteiger partial charge in [0.1, 0.15) is 31.0 Å². The predicted molar refractivity (Wildman–Crippen MR) is 244 cm³/mol. The highest BCUT2D eigenvalue weighted by Crippen LogP contribution is 2.42. The second-order valence-corrected chi connectivity index (χ2v) is 19.1. The number of ether oxygens (including phenoxy) is 3. The van der Waals surface area contributed by atoms with Gasteiger partial charge in [0.05, 0.1) is 21.7 Å². The number of aromatic nitrogens is 1. The van der Waals surface area contributed by atoms with E-state index in [9.17, 15) is 23.1 Å². The number of carboxylic acid groups (broad SMARTS) is 1. The smallest absolute Gasteiger partial charge is 0.326 e. The van der Waals surface area contributed by atoms with Crippen molar-refractivity contribution in [2.24, 2.45) is 0 Å². The average Bonchev–Trinajstić information content (AvgIpc) is 3.68. The number of nitrogens with zero attached hydrogens (tertiary/aromatic N) is 3. The number of fused-ring (bicyclic) bond motifs is 2. The summed E-state index contributed by atoms with van der Waals surface area (Å²) in [6, 6.07) is 30.0. The van der Waals surface area contributed by atoms with E-state index in [1.54, 1.807) is 55.5 Å². The Morgan fingerprint density at radius 1 is 0.953 bits per heavy atom. The molecule has 1 aromatic heterocycles. The number of thiazole rings is 1. The minimum absolute atomic E-state index is 0.0592. The number of carbonyl (C=O) groups is 2. The molecule has 2 aliphatic heterocycles. The monoisotopic (exact) mass is 937 g/mol. The van der Waals surface area contributed by atoms with Gasteiger partial charge >= 0.3 is 5.97 Å². The van der Waals surface area contributed by atoms with Crippen molar-refractivity contribution in [2.45, 2.75) is 63.1 Å². The number of nitriles is 1. The molecule has 8 rings (SSSR count). The Balaban J connectivity index is 1.02. The van der Waals surface area contributed by atoms with E-state index in [1.807, 2.05) is 61.5 Å². The molecule has 0 bridgehead atoms. The molecule has 328 valence electrons. The van der Waals surface area contributed by atoms with Crippen LogP contribution in [0.3, 0.4) is 0 Å². The van der Waals surface area contributed by atoms with Gasteiger partial charge in [-0.3, -0.25) is 4.79 Å². The quantitative estimate of drug-likeness (QED) is 0.0951. The first-order valence-electron chi connectivity index (χ1n) is 20.3. The van der Waals surface area contributed by atoms with Crippen LogP contribution in [0.5, 0.6) is 17.2 Å². The Morgan fingerprint density at radius 2 is 1.64 bits per heavy atom. The molecule has 0 saturated carbocycles. The zero-order valence-corrected chi connectivity index (χ0v) is 37.7. The van der Waals surface area contributed by atoms with Gasteiger partial charge in [-0.2, -0.15) is 9.57 Å². The van der Waals surface area contributed by atoms with Crippen molar-refractivity contribution in [1.29, 1.82) is 5.26 Å². The third kappa shape index (κ3) is 9.67. The van der Waals surface area contributed by atoms with Crippen LogP contribution in [-0.4, -0.2) is 59.9 Å². The normalized spacial score (nSPS) is 16.2. The van der Waals surface area contributed by atoms with Crippen molar-refractivity contribution >= 4 is 61.6 Å². The van der Waals surface area contributed by atoms with Gasteiger partial charge in [-0.25, -0.2) is 18.2 Å². The molecule has 5 aromatic carbocycles. The zero-order valence-electron chi connectivity index (χ0n) is 34.5. The molecule has 1 amide bonds. The van der Waals surface area contributed by atoms with Crippen LogP contribution in [0.25, 0.3) is 11.1 Å². The van der Waals surface area contributed by atoms with Gasteiger partial charge in [-0.1, -0.05) is 77.8 Å². The van der Waals surface area contributed by atoms with E-state index in [4.69, 9.17) is 42.7 Å². The minimum atomic E-state index is -4.41. The summed E-state index contributed by atoms with van der Waals surface area (Å²) in [4.78, 5) is 31.8. The molecule has 17 heteroatoms. The number of halogens is 2. The van der Waals surface area contributed by atoms with E-state index >= 15 is 0 Å². The number of hydrogen-bond donors (Lipinski definition) is 3. The van der Waals surface area contributed by atoms with Crippen LogP contribution < -0.4 is 24.8 Å². The Hall–Kier alpha value is -6.15. The standard InChI is InChI=1S/C47H41Cl2N5O8S2/c1-3-51-47-53-45(27(2)63-47)64(58,59)54-24-35-22-42-41(61-26-43(62-42)33-13-15-36(16-14-33)60-25-30-8-17-37(48)38(49)18-30)21-34(35)20-40(54)44(55)52-39(46(56)57)19-28-4-9-31(10-5-28)32-11-6-29(23-50)7-12-32/h4-18,21-22,39-40,43H,3,19-20,24-26H2,1-2H3,(H,51,53)(H,52,55)(H,56,57). The zero-order chi connectivity index (χ0) is 45.1. The highest BCUT2D eigenvalue weighted by Gasteiger charge is 2.43. The topological polar surface area (TPSA) is 180 Å². The van der Waals surface area contributed by atoms with Crippen molar-refractivity contribution in [3.63, 3.8) is 0 Å². The number of amides is 1. The fraction of sp³-hybridized carbons (Fsp3) is 0.234. The molecule has 3 unspecified atom stereocenters.